The Labute approximate surface area is 59.4 Å². The van der Waals surface area contributed by atoms with Gasteiger partial charge in [-0.3, -0.25) is 4.79 Å². The van der Waals surface area contributed by atoms with E-state index in [1.165, 1.54) is 0 Å². The fraction of sp³-hybridized carbons (Fsp3) is 0.857. The third kappa shape index (κ3) is 0.611. The second kappa shape index (κ2) is 1.72. The minimum atomic E-state index is -0.584. The van der Waals surface area contributed by atoms with Crippen molar-refractivity contribution in [2.24, 2.45) is 11.3 Å². The summed E-state index contributed by atoms with van der Waals surface area (Å²) in [6.07, 6.45) is 1.72. The number of aliphatic carboxylic acids is 1. The lowest BCUT2D eigenvalue weighted by molar-refractivity contribution is -0.144. The van der Waals surface area contributed by atoms with Crippen molar-refractivity contribution >= 4 is 5.97 Å². The van der Waals surface area contributed by atoms with Crippen LogP contribution in [0.4, 0.5) is 0 Å². The Morgan fingerprint density at radius 1 is 1.70 bits per heavy atom. The maximum atomic E-state index is 10.7. The van der Waals surface area contributed by atoms with Crippen LogP contribution in [0.3, 0.4) is 0 Å². The first-order valence-corrected chi connectivity index (χ1v) is 3.70. The Bertz CT molecular complexity index is 180. The Morgan fingerprint density at radius 2 is 2.50 bits per heavy atom. The molecule has 0 spiro atoms. The molecule has 10 heavy (non-hydrogen) atoms. The number of piperidine rings is 1. The molecule has 0 aromatic carbocycles. The van der Waals surface area contributed by atoms with Gasteiger partial charge in [-0.05, 0) is 31.8 Å². The molecule has 2 atom stereocenters. The number of hydrogen-bond acceptors (Lipinski definition) is 2. The van der Waals surface area contributed by atoms with Crippen LogP contribution in [0.5, 0.6) is 0 Å². The molecule has 0 amide bonds. The van der Waals surface area contributed by atoms with Crippen molar-refractivity contribution in [3.8, 4) is 0 Å². The van der Waals surface area contributed by atoms with Crippen LogP contribution < -0.4 is 5.32 Å². The van der Waals surface area contributed by atoms with E-state index in [-0.39, 0.29) is 5.41 Å². The van der Waals surface area contributed by atoms with E-state index in [2.05, 4.69) is 5.32 Å². The maximum Gasteiger partial charge on any atom is 0.310 e. The summed E-state index contributed by atoms with van der Waals surface area (Å²) < 4.78 is 0. The molecule has 2 aliphatic rings. The summed E-state index contributed by atoms with van der Waals surface area (Å²) in [6, 6.07) is 0. The highest BCUT2D eigenvalue weighted by molar-refractivity contribution is 5.78. The Morgan fingerprint density at radius 3 is 3.00 bits per heavy atom. The van der Waals surface area contributed by atoms with Crippen LogP contribution in [-0.4, -0.2) is 24.2 Å². The van der Waals surface area contributed by atoms with Gasteiger partial charge in [-0.25, -0.2) is 0 Å². The van der Waals surface area contributed by atoms with Gasteiger partial charge in [0.15, 0.2) is 0 Å². The summed E-state index contributed by atoms with van der Waals surface area (Å²) in [6.45, 7) is 1.79. The topological polar surface area (TPSA) is 49.3 Å². The van der Waals surface area contributed by atoms with Crippen molar-refractivity contribution in [2.45, 2.75) is 12.8 Å². The van der Waals surface area contributed by atoms with Crippen LogP contribution in [0, 0.1) is 11.3 Å². The zero-order valence-electron chi connectivity index (χ0n) is 5.76. The van der Waals surface area contributed by atoms with Gasteiger partial charge in [-0.15, -0.1) is 0 Å². The standard InChI is InChI=1S/C7H11NO2/c9-6(10)7-1-2-8-4-5(7)3-7/h5,8H,1-4H2,(H,9,10)/t5?,7-/m1/s1. The predicted octanol–water partition coefficient (Wildman–Crippen LogP) is 0.0706. The minimum Gasteiger partial charge on any atom is -0.481 e. The van der Waals surface area contributed by atoms with Crippen molar-refractivity contribution in [3.05, 3.63) is 0 Å². The number of fused-ring (bicyclic) bond motifs is 1. The lowest BCUT2D eigenvalue weighted by atomic mass is 9.97. The summed E-state index contributed by atoms with van der Waals surface area (Å²) in [4.78, 5) is 10.7. The highest BCUT2D eigenvalue weighted by atomic mass is 16.4. The molecule has 3 heteroatoms. The van der Waals surface area contributed by atoms with E-state index < -0.39 is 5.97 Å². The van der Waals surface area contributed by atoms with Gasteiger partial charge in [0.05, 0.1) is 5.41 Å². The van der Waals surface area contributed by atoms with Gasteiger partial charge >= 0.3 is 5.97 Å². The summed E-state index contributed by atoms with van der Waals surface area (Å²) in [7, 11) is 0. The van der Waals surface area contributed by atoms with Gasteiger partial charge in [0, 0.05) is 0 Å². The summed E-state index contributed by atoms with van der Waals surface area (Å²) in [5, 5.41) is 12.0. The molecule has 2 fully saturated rings. The minimum absolute atomic E-state index is 0.300. The molecule has 0 radical (unpaired) electrons. The molecule has 0 aromatic rings. The third-order valence-electron chi connectivity index (χ3n) is 2.80. The van der Waals surface area contributed by atoms with Gasteiger partial charge in [0.2, 0.25) is 0 Å². The second-order valence-corrected chi connectivity index (χ2v) is 3.32. The van der Waals surface area contributed by atoms with Gasteiger partial charge in [-0.1, -0.05) is 0 Å². The lowest BCUT2D eigenvalue weighted by Gasteiger charge is -2.17. The molecule has 0 bridgehead atoms. The molecule has 1 saturated heterocycles. The predicted molar refractivity (Wildman–Crippen MR) is 35.7 cm³/mol. The van der Waals surface area contributed by atoms with Crippen molar-refractivity contribution in [3.63, 3.8) is 0 Å². The van der Waals surface area contributed by atoms with Crippen LogP contribution in [-0.2, 0) is 4.79 Å². The first-order valence-electron chi connectivity index (χ1n) is 3.70. The number of carboxylic acids is 1. The number of carboxylic acid groups (broad SMARTS) is 1. The molecule has 3 nitrogen and oxygen atoms in total. The molecule has 1 unspecified atom stereocenters. The Hall–Kier alpha value is -0.570. The van der Waals surface area contributed by atoms with E-state index >= 15 is 0 Å². The summed E-state index contributed by atoms with van der Waals surface area (Å²) >= 11 is 0. The monoisotopic (exact) mass is 141 g/mol. The molecule has 1 heterocycles. The molecule has 2 N–H and O–H groups in total. The molecule has 2 rings (SSSR count). The van der Waals surface area contributed by atoms with E-state index in [1.807, 2.05) is 0 Å². The zero-order valence-corrected chi connectivity index (χ0v) is 5.76. The average Bonchev–Trinajstić information content (AvgIpc) is 2.61. The molecule has 1 aliphatic carbocycles. The highest BCUT2D eigenvalue weighted by Gasteiger charge is 2.60. The molecule has 1 saturated carbocycles. The second-order valence-electron chi connectivity index (χ2n) is 3.32. The quantitative estimate of drug-likeness (QED) is 0.543. The van der Waals surface area contributed by atoms with Crippen molar-refractivity contribution in [1.82, 2.24) is 5.32 Å². The van der Waals surface area contributed by atoms with E-state index in [0.29, 0.717) is 5.92 Å². The summed E-state index contributed by atoms with van der Waals surface area (Å²) in [5.41, 5.74) is -0.300. The number of carbonyl (C=O) groups is 1. The van der Waals surface area contributed by atoms with Crippen molar-refractivity contribution in [2.75, 3.05) is 13.1 Å². The highest BCUT2D eigenvalue weighted by Crippen LogP contribution is 2.56. The van der Waals surface area contributed by atoms with Gasteiger partial charge in [-0.2, -0.15) is 0 Å². The van der Waals surface area contributed by atoms with E-state index in [4.69, 9.17) is 5.11 Å². The van der Waals surface area contributed by atoms with E-state index in [9.17, 15) is 4.79 Å². The fourth-order valence-corrected chi connectivity index (χ4v) is 1.91. The van der Waals surface area contributed by atoms with Gasteiger partial charge in [0.1, 0.15) is 0 Å². The van der Waals surface area contributed by atoms with Crippen molar-refractivity contribution < 1.29 is 9.90 Å². The first-order chi connectivity index (χ1) is 4.76. The maximum absolute atomic E-state index is 10.7. The average molecular weight is 141 g/mol. The molecule has 0 aromatic heterocycles. The number of hydrogen-bond donors (Lipinski definition) is 2. The van der Waals surface area contributed by atoms with Crippen LogP contribution in [0.15, 0.2) is 0 Å². The fourth-order valence-electron chi connectivity index (χ4n) is 1.91. The van der Waals surface area contributed by atoms with Crippen LogP contribution in [0.2, 0.25) is 0 Å². The number of rotatable bonds is 1. The molecule has 1 aliphatic heterocycles. The first kappa shape index (κ1) is 6.16. The van der Waals surface area contributed by atoms with Crippen molar-refractivity contribution in [1.29, 1.82) is 0 Å². The van der Waals surface area contributed by atoms with Gasteiger partial charge in [0.25, 0.3) is 0 Å². The molecular formula is C7H11NO2. The normalized spacial score (nSPS) is 44.2. The largest absolute Gasteiger partial charge is 0.481 e. The van der Waals surface area contributed by atoms with Gasteiger partial charge < -0.3 is 10.4 Å². The number of nitrogens with one attached hydrogen (secondary N) is 1. The van der Waals surface area contributed by atoms with E-state index in [1.54, 1.807) is 0 Å². The Balaban J connectivity index is 2.12. The zero-order chi connectivity index (χ0) is 7.19. The van der Waals surface area contributed by atoms with E-state index in [0.717, 1.165) is 25.9 Å². The third-order valence-corrected chi connectivity index (χ3v) is 2.80. The molecular weight excluding hydrogens is 130 g/mol. The van der Waals surface area contributed by atoms with Crippen LogP contribution in [0.1, 0.15) is 12.8 Å². The summed E-state index contributed by atoms with van der Waals surface area (Å²) in [5.74, 6) is -0.155. The SMILES string of the molecule is O=C(O)[C@@]12CCNCC1C2. The lowest BCUT2D eigenvalue weighted by Crippen LogP contribution is -2.33. The van der Waals surface area contributed by atoms with Crippen LogP contribution >= 0.6 is 0 Å². The van der Waals surface area contributed by atoms with Crippen LogP contribution in [0.25, 0.3) is 0 Å². The smallest absolute Gasteiger partial charge is 0.310 e. The molecule has 56 valence electrons. The Kier molecular flexibility index (Phi) is 1.06.